The number of hydrogen-bond donors (Lipinski definition) is 2. The summed E-state index contributed by atoms with van der Waals surface area (Å²) in [6, 6.07) is 6.30. The van der Waals surface area contributed by atoms with Gasteiger partial charge in [0, 0.05) is 42.6 Å². The lowest BCUT2D eigenvalue weighted by molar-refractivity contribution is 0.140. The van der Waals surface area contributed by atoms with E-state index < -0.39 is 0 Å². The molecule has 1 aliphatic rings. The highest BCUT2D eigenvalue weighted by molar-refractivity contribution is 14.0. The summed E-state index contributed by atoms with van der Waals surface area (Å²) in [4.78, 5) is 10.4. The number of aliphatic imine (C=N–C) groups is 1. The average Bonchev–Trinajstić information content (AvgIpc) is 3.32. The molecule has 1 atom stereocenters. The Balaban J connectivity index is 0.00000300. The van der Waals surface area contributed by atoms with Gasteiger partial charge in [-0.1, -0.05) is 12.1 Å². The van der Waals surface area contributed by atoms with Gasteiger partial charge in [0.15, 0.2) is 5.96 Å². The monoisotopic (exact) mass is 530 g/mol. The average molecular weight is 530 g/mol. The van der Waals surface area contributed by atoms with Gasteiger partial charge in [-0.3, -0.25) is 0 Å². The van der Waals surface area contributed by atoms with E-state index in [9.17, 15) is 0 Å². The van der Waals surface area contributed by atoms with Crippen LogP contribution in [0.3, 0.4) is 0 Å². The zero-order chi connectivity index (χ0) is 19.8. The van der Waals surface area contributed by atoms with Crippen molar-refractivity contribution in [1.29, 1.82) is 0 Å². The zero-order valence-corrected chi connectivity index (χ0v) is 20.5. The molecule has 0 amide bonds. The molecular formula is C21H31IN4O2S. The second-order valence-electron chi connectivity index (χ2n) is 6.95. The molecule has 2 N–H and O–H groups in total. The minimum absolute atomic E-state index is 0. The van der Waals surface area contributed by atoms with Crippen LogP contribution in [0.4, 0.5) is 0 Å². The number of aromatic nitrogens is 1. The van der Waals surface area contributed by atoms with Crippen molar-refractivity contribution >= 4 is 41.3 Å². The lowest BCUT2D eigenvalue weighted by atomic mass is 10.1. The van der Waals surface area contributed by atoms with Crippen molar-refractivity contribution in [2.24, 2.45) is 4.99 Å². The summed E-state index contributed by atoms with van der Waals surface area (Å²) in [7, 11) is 0. The SMILES string of the molecule is CCNC(=NCc1ccc(C)cc1OC1CCOC1)NCCc1ncc(C)s1.I. The molecule has 0 radical (unpaired) electrons. The van der Waals surface area contributed by atoms with Crippen LogP contribution < -0.4 is 15.4 Å². The smallest absolute Gasteiger partial charge is 0.191 e. The predicted molar refractivity (Wildman–Crippen MR) is 130 cm³/mol. The van der Waals surface area contributed by atoms with E-state index in [0.717, 1.165) is 54.8 Å². The van der Waals surface area contributed by atoms with Gasteiger partial charge in [-0.25, -0.2) is 9.98 Å². The van der Waals surface area contributed by atoms with Crippen molar-refractivity contribution in [3.63, 3.8) is 0 Å². The third-order valence-corrected chi connectivity index (χ3v) is 5.43. The molecule has 160 valence electrons. The Kier molecular flexibility index (Phi) is 10.2. The Labute approximate surface area is 194 Å². The standard InChI is InChI=1S/C21H30N4O2S.HI/c1-4-22-21(23-9-7-20-24-12-16(3)28-20)25-13-17-6-5-15(2)11-19(17)27-18-8-10-26-14-18;/h5-6,11-12,18H,4,7-10,13-14H2,1-3H3,(H2,22,23,25);1H. The lowest BCUT2D eigenvalue weighted by Crippen LogP contribution is -2.38. The second-order valence-corrected chi connectivity index (χ2v) is 8.27. The number of benzene rings is 1. The van der Waals surface area contributed by atoms with Crippen LogP contribution in [-0.4, -0.2) is 43.4 Å². The van der Waals surface area contributed by atoms with E-state index in [1.807, 2.05) is 6.20 Å². The van der Waals surface area contributed by atoms with Crippen LogP contribution in [0, 0.1) is 13.8 Å². The number of hydrogen-bond acceptors (Lipinski definition) is 5. The molecular weight excluding hydrogens is 499 g/mol. The highest BCUT2D eigenvalue weighted by Gasteiger charge is 2.18. The van der Waals surface area contributed by atoms with E-state index in [4.69, 9.17) is 14.5 Å². The second kappa shape index (κ2) is 12.3. The molecule has 1 aliphatic heterocycles. The van der Waals surface area contributed by atoms with Crippen molar-refractivity contribution < 1.29 is 9.47 Å². The number of nitrogens with zero attached hydrogens (tertiary/aromatic N) is 2. The maximum absolute atomic E-state index is 6.18. The van der Waals surface area contributed by atoms with Crippen LogP contribution in [0.5, 0.6) is 5.75 Å². The van der Waals surface area contributed by atoms with E-state index in [1.165, 1.54) is 10.4 Å². The number of nitrogens with one attached hydrogen (secondary N) is 2. The maximum atomic E-state index is 6.18. The minimum Gasteiger partial charge on any atom is -0.488 e. The molecule has 29 heavy (non-hydrogen) atoms. The molecule has 0 aliphatic carbocycles. The minimum atomic E-state index is 0. The fourth-order valence-corrected chi connectivity index (χ4v) is 3.78. The van der Waals surface area contributed by atoms with Crippen LogP contribution in [0.2, 0.25) is 0 Å². The summed E-state index contributed by atoms with van der Waals surface area (Å²) in [5, 5.41) is 7.85. The Hall–Kier alpha value is -1.39. The van der Waals surface area contributed by atoms with Crippen molar-refractivity contribution in [2.75, 3.05) is 26.3 Å². The van der Waals surface area contributed by atoms with Gasteiger partial charge >= 0.3 is 0 Å². The molecule has 0 bridgehead atoms. The van der Waals surface area contributed by atoms with Gasteiger partial charge < -0.3 is 20.1 Å². The topological polar surface area (TPSA) is 67.8 Å². The Morgan fingerprint density at radius 3 is 2.90 bits per heavy atom. The maximum Gasteiger partial charge on any atom is 0.191 e. The zero-order valence-electron chi connectivity index (χ0n) is 17.4. The Bertz CT molecular complexity index is 791. The van der Waals surface area contributed by atoms with Gasteiger partial charge in [0.1, 0.15) is 11.9 Å². The molecule has 2 heterocycles. The molecule has 2 aromatic rings. The van der Waals surface area contributed by atoms with Crippen LogP contribution in [0.15, 0.2) is 29.4 Å². The Morgan fingerprint density at radius 1 is 1.34 bits per heavy atom. The van der Waals surface area contributed by atoms with Gasteiger partial charge in [0.2, 0.25) is 0 Å². The first-order chi connectivity index (χ1) is 13.6. The Morgan fingerprint density at radius 2 is 2.21 bits per heavy atom. The largest absolute Gasteiger partial charge is 0.488 e. The highest BCUT2D eigenvalue weighted by Crippen LogP contribution is 2.24. The van der Waals surface area contributed by atoms with Crippen LogP contribution >= 0.6 is 35.3 Å². The first kappa shape index (κ1) is 23.9. The summed E-state index contributed by atoms with van der Waals surface area (Å²) in [5.74, 6) is 1.72. The van der Waals surface area contributed by atoms with Crippen LogP contribution in [-0.2, 0) is 17.7 Å². The third-order valence-electron chi connectivity index (χ3n) is 4.46. The molecule has 1 aromatic heterocycles. The predicted octanol–water partition coefficient (Wildman–Crippen LogP) is 3.84. The number of aryl methyl sites for hydroxylation is 2. The van der Waals surface area contributed by atoms with E-state index in [1.54, 1.807) is 11.3 Å². The van der Waals surface area contributed by atoms with Gasteiger partial charge in [0.05, 0.1) is 24.8 Å². The first-order valence-electron chi connectivity index (χ1n) is 9.91. The van der Waals surface area contributed by atoms with E-state index >= 15 is 0 Å². The number of rotatable bonds is 8. The van der Waals surface area contributed by atoms with Gasteiger partial charge in [-0.05, 0) is 32.4 Å². The summed E-state index contributed by atoms with van der Waals surface area (Å²) in [5.41, 5.74) is 2.27. The molecule has 1 aromatic carbocycles. The number of thiazole rings is 1. The molecule has 1 saturated heterocycles. The number of halogens is 1. The highest BCUT2D eigenvalue weighted by atomic mass is 127. The molecule has 0 saturated carbocycles. The van der Waals surface area contributed by atoms with Gasteiger partial charge in [-0.2, -0.15) is 0 Å². The number of ether oxygens (including phenoxy) is 2. The summed E-state index contributed by atoms with van der Waals surface area (Å²) < 4.78 is 11.6. The van der Waals surface area contributed by atoms with Gasteiger partial charge in [0.25, 0.3) is 0 Å². The molecule has 0 spiro atoms. The normalized spacial score (nSPS) is 16.4. The van der Waals surface area contributed by atoms with Gasteiger partial charge in [-0.15, -0.1) is 35.3 Å². The van der Waals surface area contributed by atoms with Crippen LogP contribution in [0.1, 0.15) is 34.4 Å². The molecule has 1 fully saturated rings. The van der Waals surface area contributed by atoms with Crippen molar-refractivity contribution in [1.82, 2.24) is 15.6 Å². The lowest BCUT2D eigenvalue weighted by Gasteiger charge is -2.16. The molecule has 3 rings (SSSR count). The van der Waals surface area contributed by atoms with Crippen LogP contribution in [0.25, 0.3) is 0 Å². The molecule has 6 nitrogen and oxygen atoms in total. The fourth-order valence-electron chi connectivity index (χ4n) is 3.00. The van der Waals surface area contributed by atoms with E-state index in [-0.39, 0.29) is 30.1 Å². The fraction of sp³-hybridized carbons (Fsp3) is 0.524. The summed E-state index contributed by atoms with van der Waals surface area (Å²) in [6.07, 6.45) is 3.89. The summed E-state index contributed by atoms with van der Waals surface area (Å²) in [6.45, 7) is 9.86. The first-order valence-corrected chi connectivity index (χ1v) is 10.7. The van der Waals surface area contributed by atoms with Crippen molar-refractivity contribution in [3.8, 4) is 5.75 Å². The van der Waals surface area contributed by atoms with Crippen molar-refractivity contribution in [2.45, 2.75) is 46.3 Å². The van der Waals surface area contributed by atoms with E-state index in [2.05, 4.69) is 54.6 Å². The molecule has 8 heteroatoms. The summed E-state index contributed by atoms with van der Waals surface area (Å²) >= 11 is 1.74. The van der Waals surface area contributed by atoms with E-state index in [0.29, 0.717) is 13.2 Å². The number of guanidine groups is 1. The molecule has 1 unspecified atom stereocenters. The van der Waals surface area contributed by atoms with Crippen molar-refractivity contribution in [3.05, 3.63) is 45.4 Å². The third kappa shape index (κ3) is 7.75. The quantitative estimate of drug-likeness (QED) is 0.309.